The lowest BCUT2D eigenvalue weighted by atomic mass is 10.2. The van der Waals surface area contributed by atoms with Gasteiger partial charge in [-0.2, -0.15) is 11.8 Å². The highest BCUT2D eigenvalue weighted by Crippen LogP contribution is 2.31. The summed E-state index contributed by atoms with van der Waals surface area (Å²) in [6.45, 7) is 3.44. The summed E-state index contributed by atoms with van der Waals surface area (Å²) in [4.78, 5) is 16.4. The van der Waals surface area contributed by atoms with Gasteiger partial charge in [0.1, 0.15) is 0 Å². The van der Waals surface area contributed by atoms with Gasteiger partial charge in [0.05, 0.1) is 19.8 Å². The van der Waals surface area contributed by atoms with Gasteiger partial charge < -0.3 is 9.64 Å². The van der Waals surface area contributed by atoms with Crippen LogP contribution in [0.25, 0.3) is 0 Å². The Morgan fingerprint density at radius 2 is 2.11 bits per heavy atom. The lowest BCUT2D eigenvalue weighted by Gasteiger charge is -2.32. The summed E-state index contributed by atoms with van der Waals surface area (Å²) in [6, 6.07) is 0.574. The maximum Gasteiger partial charge on any atom is 0.236 e. The second-order valence-electron chi connectivity index (χ2n) is 5.18. The van der Waals surface area contributed by atoms with Gasteiger partial charge in [0.25, 0.3) is 0 Å². The quantitative estimate of drug-likeness (QED) is 0.766. The van der Waals surface area contributed by atoms with Crippen LogP contribution in [0.1, 0.15) is 19.3 Å². The smallest absolute Gasteiger partial charge is 0.236 e. The fourth-order valence-electron chi connectivity index (χ4n) is 2.93. The molecule has 0 bridgehead atoms. The predicted molar refractivity (Wildman–Crippen MR) is 75.0 cm³/mol. The van der Waals surface area contributed by atoms with Crippen LogP contribution in [-0.4, -0.2) is 73.2 Å². The lowest BCUT2D eigenvalue weighted by molar-refractivity contribution is -0.136. The molecule has 1 aliphatic heterocycles. The first kappa shape index (κ1) is 14.2. The van der Waals surface area contributed by atoms with Crippen LogP contribution in [-0.2, 0) is 9.53 Å². The first-order valence-corrected chi connectivity index (χ1v) is 8.09. The molecule has 1 aliphatic carbocycles. The van der Waals surface area contributed by atoms with Crippen molar-refractivity contribution in [1.82, 2.24) is 9.80 Å². The van der Waals surface area contributed by atoms with Crippen LogP contribution in [0.5, 0.6) is 0 Å². The van der Waals surface area contributed by atoms with Crippen molar-refractivity contribution in [2.45, 2.75) is 30.6 Å². The average molecular weight is 272 g/mol. The molecule has 2 rings (SSSR count). The number of amides is 1. The van der Waals surface area contributed by atoms with E-state index in [0.717, 1.165) is 13.1 Å². The van der Waals surface area contributed by atoms with Crippen molar-refractivity contribution < 1.29 is 9.53 Å². The Bertz CT molecular complexity index is 282. The Hall–Kier alpha value is -0.260. The first-order valence-electron chi connectivity index (χ1n) is 6.81. The van der Waals surface area contributed by atoms with Crippen LogP contribution >= 0.6 is 11.8 Å². The highest BCUT2D eigenvalue weighted by Gasteiger charge is 2.31. The van der Waals surface area contributed by atoms with Crippen molar-refractivity contribution in [2.24, 2.45) is 0 Å². The van der Waals surface area contributed by atoms with Gasteiger partial charge in [0.2, 0.25) is 5.91 Å². The first-order chi connectivity index (χ1) is 8.72. The van der Waals surface area contributed by atoms with Crippen LogP contribution in [0.4, 0.5) is 0 Å². The molecule has 1 saturated heterocycles. The molecule has 0 radical (unpaired) electrons. The number of thioether (sulfide) groups is 1. The summed E-state index contributed by atoms with van der Waals surface area (Å²) in [7, 11) is 2.09. The second kappa shape index (κ2) is 6.78. The third-order valence-corrected chi connectivity index (χ3v) is 5.19. The molecular weight excluding hydrogens is 248 g/mol. The molecule has 0 aromatic carbocycles. The van der Waals surface area contributed by atoms with Gasteiger partial charge >= 0.3 is 0 Å². The van der Waals surface area contributed by atoms with E-state index in [0.29, 0.717) is 31.1 Å². The fraction of sp³-hybridized carbons (Fsp3) is 0.923. The standard InChI is InChI=1S/C13H24N2O2S/c1-14(11-4-3-5-12(11)18-2)10-13(16)15-6-8-17-9-7-15/h11-12H,3-10H2,1-2H3. The lowest BCUT2D eigenvalue weighted by Crippen LogP contribution is -2.48. The number of rotatable bonds is 4. The van der Waals surface area contributed by atoms with E-state index in [9.17, 15) is 4.79 Å². The van der Waals surface area contributed by atoms with E-state index in [2.05, 4.69) is 18.2 Å². The van der Waals surface area contributed by atoms with Crippen molar-refractivity contribution in [1.29, 1.82) is 0 Å². The minimum Gasteiger partial charge on any atom is -0.378 e. The maximum atomic E-state index is 12.2. The highest BCUT2D eigenvalue weighted by molar-refractivity contribution is 7.99. The van der Waals surface area contributed by atoms with Gasteiger partial charge in [-0.3, -0.25) is 9.69 Å². The Morgan fingerprint density at radius 3 is 2.78 bits per heavy atom. The summed E-state index contributed by atoms with van der Waals surface area (Å²) >= 11 is 1.94. The summed E-state index contributed by atoms with van der Waals surface area (Å²) in [5.41, 5.74) is 0. The summed E-state index contributed by atoms with van der Waals surface area (Å²) < 4.78 is 5.28. The molecule has 104 valence electrons. The molecule has 1 heterocycles. The molecule has 2 atom stereocenters. The van der Waals surface area contributed by atoms with Gasteiger partial charge in [-0.1, -0.05) is 6.42 Å². The normalized spacial score (nSPS) is 28.9. The molecule has 0 aromatic heterocycles. The van der Waals surface area contributed by atoms with Crippen molar-refractivity contribution in [3.8, 4) is 0 Å². The van der Waals surface area contributed by atoms with Gasteiger partial charge in [-0.25, -0.2) is 0 Å². The molecule has 5 heteroatoms. The minimum absolute atomic E-state index is 0.257. The van der Waals surface area contributed by atoms with E-state index in [4.69, 9.17) is 4.74 Å². The molecule has 0 spiro atoms. The molecule has 0 N–H and O–H groups in total. The Morgan fingerprint density at radius 1 is 1.39 bits per heavy atom. The van der Waals surface area contributed by atoms with E-state index in [1.807, 2.05) is 16.7 Å². The molecule has 2 aliphatic rings. The molecule has 1 saturated carbocycles. The van der Waals surface area contributed by atoms with E-state index in [1.54, 1.807) is 0 Å². The average Bonchev–Trinajstić information content (AvgIpc) is 2.88. The minimum atomic E-state index is 0.257. The number of hydrogen-bond donors (Lipinski definition) is 0. The number of nitrogens with zero attached hydrogens (tertiary/aromatic N) is 2. The number of morpholine rings is 1. The Balaban J connectivity index is 1.82. The van der Waals surface area contributed by atoms with E-state index < -0.39 is 0 Å². The third kappa shape index (κ3) is 3.39. The zero-order valence-corrected chi connectivity index (χ0v) is 12.2. The van der Waals surface area contributed by atoms with Crippen LogP contribution in [0.2, 0.25) is 0 Å². The Kier molecular flexibility index (Phi) is 5.33. The topological polar surface area (TPSA) is 32.8 Å². The molecule has 18 heavy (non-hydrogen) atoms. The van der Waals surface area contributed by atoms with Crippen molar-refractivity contribution in [2.75, 3.05) is 46.2 Å². The van der Waals surface area contributed by atoms with Gasteiger partial charge in [0, 0.05) is 24.4 Å². The zero-order chi connectivity index (χ0) is 13.0. The number of likely N-dealkylation sites (N-methyl/N-ethyl adjacent to an activating group) is 1. The second-order valence-corrected chi connectivity index (χ2v) is 6.26. The summed E-state index contributed by atoms with van der Waals surface area (Å²) in [6.07, 6.45) is 6.01. The number of carbonyl (C=O) groups is 1. The number of ether oxygens (including phenoxy) is 1. The number of hydrogen-bond acceptors (Lipinski definition) is 4. The molecule has 1 amide bonds. The van der Waals surface area contributed by atoms with Gasteiger partial charge in [0.15, 0.2) is 0 Å². The SMILES string of the molecule is CSC1CCCC1N(C)CC(=O)N1CCOCC1. The van der Waals surface area contributed by atoms with Gasteiger partial charge in [-0.15, -0.1) is 0 Å². The van der Waals surface area contributed by atoms with Crippen molar-refractivity contribution in [3.63, 3.8) is 0 Å². The van der Waals surface area contributed by atoms with Crippen LogP contribution < -0.4 is 0 Å². The fourth-order valence-corrected chi connectivity index (χ4v) is 3.99. The van der Waals surface area contributed by atoms with E-state index in [1.165, 1.54) is 19.3 Å². The monoisotopic (exact) mass is 272 g/mol. The molecule has 2 fully saturated rings. The third-order valence-electron chi connectivity index (χ3n) is 4.04. The van der Waals surface area contributed by atoms with Crippen molar-refractivity contribution in [3.05, 3.63) is 0 Å². The van der Waals surface area contributed by atoms with Crippen molar-refractivity contribution >= 4 is 17.7 Å². The molecule has 0 aromatic rings. The predicted octanol–water partition coefficient (Wildman–Crippen LogP) is 1.06. The number of carbonyl (C=O) groups excluding carboxylic acids is 1. The largest absolute Gasteiger partial charge is 0.378 e. The van der Waals surface area contributed by atoms with E-state index in [-0.39, 0.29) is 5.91 Å². The van der Waals surface area contributed by atoms with Gasteiger partial charge in [-0.05, 0) is 26.1 Å². The molecule has 2 unspecified atom stereocenters. The highest BCUT2D eigenvalue weighted by atomic mass is 32.2. The zero-order valence-electron chi connectivity index (χ0n) is 11.4. The molecular formula is C13H24N2O2S. The Labute approximate surface area is 114 Å². The summed E-state index contributed by atoms with van der Waals surface area (Å²) in [5, 5.41) is 0.701. The van der Waals surface area contributed by atoms with E-state index >= 15 is 0 Å². The summed E-state index contributed by atoms with van der Waals surface area (Å²) in [5.74, 6) is 0.257. The van der Waals surface area contributed by atoms with Crippen LogP contribution in [0.3, 0.4) is 0 Å². The van der Waals surface area contributed by atoms with Crippen LogP contribution in [0, 0.1) is 0 Å². The molecule has 4 nitrogen and oxygen atoms in total. The maximum absolute atomic E-state index is 12.2. The van der Waals surface area contributed by atoms with Crippen LogP contribution in [0.15, 0.2) is 0 Å².